The number of carboxylic acid groups (broad SMARTS) is 1. The van der Waals surface area contributed by atoms with E-state index in [1.165, 1.54) is 6.92 Å². The van der Waals surface area contributed by atoms with Crippen molar-refractivity contribution >= 4 is 34.6 Å². The smallest absolute Gasteiger partial charge is 0.325 e. The topological polar surface area (TPSA) is 218 Å². The SMILES string of the molecule is CC(NC(=O)C(Cc1c[nH]c2ccccc12)NC(=O)C(CCCCN)NC(=O)C(N)CCCCN)C(=O)O. The van der Waals surface area contributed by atoms with Crippen LogP contribution in [0, 0.1) is 0 Å². The molecule has 1 aromatic heterocycles. The summed E-state index contributed by atoms with van der Waals surface area (Å²) in [5.41, 5.74) is 18.7. The number of aromatic nitrogens is 1. The maximum atomic E-state index is 13.4. The number of aromatic amines is 1. The summed E-state index contributed by atoms with van der Waals surface area (Å²) < 4.78 is 0. The van der Waals surface area contributed by atoms with E-state index in [9.17, 15) is 24.3 Å². The van der Waals surface area contributed by atoms with Gasteiger partial charge in [0.1, 0.15) is 18.1 Å². The second-order valence-electron chi connectivity index (χ2n) is 9.43. The molecule has 0 bridgehead atoms. The minimum atomic E-state index is -1.20. The van der Waals surface area contributed by atoms with Crippen molar-refractivity contribution in [1.82, 2.24) is 20.9 Å². The Balaban J connectivity index is 2.22. The molecule has 12 heteroatoms. The Hall–Kier alpha value is -3.48. The van der Waals surface area contributed by atoms with Crippen LogP contribution in [0.25, 0.3) is 10.9 Å². The van der Waals surface area contributed by atoms with Gasteiger partial charge in [0.15, 0.2) is 0 Å². The highest BCUT2D eigenvalue weighted by Crippen LogP contribution is 2.19. The molecule has 2 aromatic rings. The van der Waals surface area contributed by atoms with Crippen molar-refractivity contribution in [1.29, 1.82) is 0 Å². The Labute approximate surface area is 222 Å². The fourth-order valence-electron chi connectivity index (χ4n) is 4.06. The zero-order valence-electron chi connectivity index (χ0n) is 21.9. The highest BCUT2D eigenvalue weighted by Gasteiger charge is 2.30. The van der Waals surface area contributed by atoms with Gasteiger partial charge in [-0.25, -0.2) is 0 Å². The van der Waals surface area contributed by atoms with Crippen molar-refractivity contribution in [2.75, 3.05) is 13.1 Å². The zero-order valence-corrected chi connectivity index (χ0v) is 21.9. The number of para-hydroxylation sites is 1. The Bertz CT molecular complexity index is 1070. The van der Waals surface area contributed by atoms with Crippen molar-refractivity contribution in [2.45, 2.75) is 76.0 Å². The van der Waals surface area contributed by atoms with Crippen LogP contribution < -0.4 is 33.2 Å². The fourth-order valence-corrected chi connectivity index (χ4v) is 4.06. The molecule has 4 atom stereocenters. The fraction of sp³-hybridized carbons (Fsp3) is 0.538. The molecule has 210 valence electrons. The average Bonchev–Trinajstić information content (AvgIpc) is 3.30. The number of hydrogen-bond donors (Lipinski definition) is 8. The first kappa shape index (κ1) is 30.7. The number of amides is 3. The Morgan fingerprint density at radius 2 is 1.47 bits per heavy atom. The lowest BCUT2D eigenvalue weighted by Crippen LogP contribution is -2.57. The van der Waals surface area contributed by atoms with E-state index >= 15 is 0 Å². The molecule has 3 amide bonds. The van der Waals surface area contributed by atoms with E-state index in [0.29, 0.717) is 45.2 Å². The molecule has 0 aliphatic rings. The molecular weight excluding hydrogens is 490 g/mol. The lowest BCUT2D eigenvalue weighted by atomic mass is 10.0. The van der Waals surface area contributed by atoms with Crippen molar-refractivity contribution in [2.24, 2.45) is 17.2 Å². The van der Waals surface area contributed by atoms with Gasteiger partial charge in [-0.05, 0) is 63.7 Å². The molecule has 2 rings (SSSR count). The minimum Gasteiger partial charge on any atom is -0.480 e. The molecular formula is C26H41N7O5. The van der Waals surface area contributed by atoms with E-state index in [0.717, 1.165) is 22.9 Å². The molecule has 0 saturated heterocycles. The molecule has 1 heterocycles. The van der Waals surface area contributed by atoms with Crippen molar-refractivity contribution in [3.63, 3.8) is 0 Å². The summed E-state index contributed by atoms with van der Waals surface area (Å²) >= 11 is 0. The van der Waals surface area contributed by atoms with Gasteiger partial charge in [0.2, 0.25) is 17.7 Å². The number of H-pyrrole nitrogens is 1. The average molecular weight is 532 g/mol. The molecule has 0 radical (unpaired) electrons. The van der Waals surface area contributed by atoms with Crippen LogP contribution in [0.2, 0.25) is 0 Å². The van der Waals surface area contributed by atoms with E-state index in [4.69, 9.17) is 17.2 Å². The summed E-state index contributed by atoms with van der Waals surface area (Å²) in [4.78, 5) is 53.6. The molecule has 0 spiro atoms. The van der Waals surface area contributed by atoms with Gasteiger partial charge in [0.25, 0.3) is 0 Å². The Kier molecular flexibility index (Phi) is 12.7. The van der Waals surface area contributed by atoms with Crippen LogP contribution in [0.5, 0.6) is 0 Å². The van der Waals surface area contributed by atoms with Gasteiger partial charge in [0.05, 0.1) is 6.04 Å². The van der Waals surface area contributed by atoms with E-state index in [-0.39, 0.29) is 6.42 Å². The molecule has 12 nitrogen and oxygen atoms in total. The van der Waals surface area contributed by atoms with E-state index in [2.05, 4.69) is 20.9 Å². The predicted octanol–water partition coefficient (Wildman–Crippen LogP) is -0.145. The normalized spacial score (nSPS) is 14.3. The molecule has 0 fully saturated rings. The van der Waals surface area contributed by atoms with Gasteiger partial charge in [-0.2, -0.15) is 0 Å². The van der Waals surface area contributed by atoms with Crippen LogP contribution in [0.3, 0.4) is 0 Å². The van der Waals surface area contributed by atoms with Crippen LogP contribution in [-0.4, -0.2) is 71.0 Å². The second kappa shape index (κ2) is 15.7. The predicted molar refractivity (Wildman–Crippen MR) is 145 cm³/mol. The van der Waals surface area contributed by atoms with Gasteiger partial charge in [-0.1, -0.05) is 24.6 Å². The van der Waals surface area contributed by atoms with Gasteiger partial charge in [0, 0.05) is 23.5 Å². The standard InChI is InChI=1S/C26H41N7O5/c1-16(26(37)38)31-25(36)22(14-17-15-30-20-10-3-2-8-18(17)20)33-24(35)21(11-5-7-13-28)32-23(34)19(29)9-4-6-12-27/h2-3,8,10,15-16,19,21-22,30H,4-7,9,11-14,27-29H2,1H3,(H,31,36)(H,32,34)(H,33,35)(H,37,38). The number of benzene rings is 1. The number of nitrogens with two attached hydrogens (primary N) is 3. The largest absolute Gasteiger partial charge is 0.480 e. The van der Waals surface area contributed by atoms with Gasteiger partial charge >= 0.3 is 5.97 Å². The van der Waals surface area contributed by atoms with Crippen molar-refractivity contribution in [3.8, 4) is 0 Å². The summed E-state index contributed by atoms with van der Waals surface area (Å²) in [5, 5.41) is 18.0. The first-order chi connectivity index (χ1) is 18.2. The van der Waals surface area contributed by atoms with Crippen LogP contribution >= 0.6 is 0 Å². The zero-order chi connectivity index (χ0) is 28.1. The monoisotopic (exact) mass is 531 g/mol. The number of unbranched alkanes of at least 4 members (excludes halogenated alkanes) is 2. The van der Waals surface area contributed by atoms with Crippen LogP contribution in [0.1, 0.15) is 51.0 Å². The second-order valence-corrected chi connectivity index (χ2v) is 9.43. The number of rotatable bonds is 17. The van der Waals surface area contributed by atoms with Gasteiger partial charge in [-0.3, -0.25) is 19.2 Å². The summed E-state index contributed by atoms with van der Waals surface area (Å²) in [6, 6.07) is 3.53. The van der Waals surface area contributed by atoms with Crippen LogP contribution in [0.15, 0.2) is 30.5 Å². The Morgan fingerprint density at radius 3 is 2.13 bits per heavy atom. The first-order valence-electron chi connectivity index (χ1n) is 13.0. The summed E-state index contributed by atoms with van der Waals surface area (Å²) in [6.07, 6.45) is 5.24. The van der Waals surface area contributed by atoms with Crippen molar-refractivity contribution < 1.29 is 24.3 Å². The first-order valence-corrected chi connectivity index (χ1v) is 13.0. The number of aliphatic carboxylic acids is 1. The number of nitrogens with one attached hydrogen (secondary N) is 4. The maximum absolute atomic E-state index is 13.4. The third kappa shape index (κ3) is 9.43. The molecule has 0 aliphatic heterocycles. The number of carbonyl (C=O) groups is 4. The van der Waals surface area contributed by atoms with Gasteiger partial charge in [-0.15, -0.1) is 0 Å². The summed E-state index contributed by atoms with van der Waals surface area (Å²) in [7, 11) is 0. The number of carbonyl (C=O) groups excluding carboxylic acids is 3. The van der Waals surface area contributed by atoms with E-state index < -0.39 is 47.9 Å². The third-order valence-electron chi connectivity index (χ3n) is 6.35. The number of hydrogen-bond acceptors (Lipinski definition) is 7. The highest BCUT2D eigenvalue weighted by atomic mass is 16.4. The quantitative estimate of drug-likeness (QED) is 0.128. The third-order valence-corrected chi connectivity index (χ3v) is 6.35. The molecule has 4 unspecified atom stereocenters. The lowest BCUT2D eigenvalue weighted by Gasteiger charge is -2.25. The Morgan fingerprint density at radius 1 is 0.868 bits per heavy atom. The molecule has 1 aromatic carbocycles. The summed E-state index contributed by atoms with van der Waals surface area (Å²) in [6.45, 7) is 2.27. The minimum absolute atomic E-state index is 0.107. The highest BCUT2D eigenvalue weighted by molar-refractivity contribution is 5.94. The van der Waals surface area contributed by atoms with Crippen LogP contribution in [0.4, 0.5) is 0 Å². The maximum Gasteiger partial charge on any atom is 0.325 e. The molecule has 0 saturated carbocycles. The summed E-state index contributed by atoms with van der Waals surface area (Å²) in [5.74, 6) is -2.88. The lowest BCUT2D eigenvalue weighted by molar-refractivity contribution is -0.141. The van der Waals surface area contributed by atoms with E-state index in [1.54, 1.807) is 6.20 Å². The van der Waals surface area contributed by atoms with Gasteiger partial charge < -0.3 is 43.2 Å². The molecule has 0 aliphatic carbocycles. The molecule has 38 heavy (non-hydrogen) atoms. The number of carboxylic acids is 1. The molecule has 11 N–H and O–H groups in total. The van der Waals surface area contributed by atoms with Crippen molar-refractivity contribution in [3.05, 3.63) is 36.0 Å². The number of fused-ring (bicyclic) bond motifs is 1. The van der Waals surface area contributed by atoms with E-state index in [1.807, 2.05) is 24.3 Å². The van der Waals surface area contributed by atoms with Crippen LogP contribution in [-0.2, 0) is 25.6 Å².